The molecule has 1 aliphatic rings. The number of alkyl halides is 4. The highest BCUT2D eigenvalue weighted by atomic mass is 35.5. The Labute approximate surface area is 233 Å². The van der Waals surface area contributed by atoms with Gasteiger partial charge in [-0.3, -0.25) is 9.78 Å². The molecule has 0 amide bonds. The summed E-state index contributed by atoms with van der Waals surface area (Å²) in [5.41, 5.74) is -0.877. The standard InChI is InChI=1S/C28H29ClF4N2O3S/c1-38-19-5-6-24-21(16-19)25(22(29)17-34-24)23(30)7-8-27(26(36)37)9-11-35(12-10-27)13-14-39-20-4-2-3-18(15-20)28(31,32)33/h2-6,15-17,23H,7-14H2,1H3,(H,36,37). The van der Waals surface area contributed by atoms with Crippen molar-refractivity contribution in [2.24, 2.45) is 5.41 Å². The number of piperidine rings is 1. The van der Waals surface area contributed by atoms with Crippen LogP contribution in [0.5, 0.6) is 5.75 Å². The molecule has 39 heavy (non-hydrogen) atoms. The molecule has 1 atom stereocenters. The van der Waals surface area contributed by atoms with Gasteiger partial charge in [-0.2, -0.15) is 13.2 Å². The lowest BCUT2D eigenvalue weighted by Crippen LogP contribution is -2.45. The van der Waals surface area contributed by atoms with Crippen molar-refractivity contribution in [2.45, 2.75) is 42.9 Å². The summed E-state index contributed by atoms with van der Waals surface area (Å²) in [7, 11) is 1.51. The van der Waals surface area contributed by atoms with Crippen LogP contribution in [0.2, 0.25) is 5.02 Å². The van der Waals surface area contributed by atoms with E-state index in [4.69, 9.17) is 16.3 Å². The minimum Gasteiger partial charge on any atom is -0.497 e. The number of aromatic nitrogens is 1. The summed E-state index contributed by atoms with van der Waals surface area (Å²) in [5, 5.41) is 10.8. The lowest BCUT2D eigenvalue weighted by Gasteiger charge is -2.39. The number of methoxy groups -OCH3 is 1. The molecule has 0 bridgehead atoms. The fourth-order valence-corrected chi connectivity index (χ4v) is 6.23. The largest absolute Gasteiger partial charge is 0.497 e. The maximum atomic E-state index is 15.6. The number of hydrogen-bond acceptors (Lipinski definition) is 5. The van der Waals surface area contributed by atoms with Gasteiger partial charge in [0.2, 0.25) is 0 Å². The van der Waals surface area contributed by atoms with Crippen LogP contribution in [0.1, 0.15) is 43.0 Å². The quantitative estimate of drug-likeness (QED) is 0.195. The van der Waals surface area contributed by atoms with E-state index < -0.39 is 29.3 Å². The molecule has 1 fully saturated rings. The van der Waals surface area contributed by atoms with Crippen molar-refractivity contribution in [1.82, 2.24) is 9.88 Å². The van der Waals surface area contributed by atoms with E-state index in [1.165, 1.54) is 31.1 Å². The number of fused-ring (bicyclic) bond motifs is 1. The maximum Gasteiger partial charge on any atom is 0.416 e. The zero-order valence-electron chi connectivity index (χ0n) is 21.3. The lowest BCUT2D eigenvalue weighted by atomic mass is 9.74. The van der Waals surface area contributed by atoms with Crippen molar-refractivity contribution >= 4 is 40.2 Å². The van der Waals surface area contributed by atoms with Crippen LogP contribution < -0.4 is 4.74 Å². The summed E-state index contributed by atoms with van der Waals surface area (Å²) >= 11 is 7.66. The number of benzene rings is 2. The number of ether oxygens (including phenoxy) is 1. The molecule has 0 radical (unpaired) electrons. The van der Waals surface area contributed by atoms with Gasteiger partial charge in [0.15, 0.2) is 0 Å². The highest BCUT2D eigenvalue weighted by molar-refractivity contribution is 7.99. The smallest absolute Gasteiger partial charge is 0.416 e. The first-order valence-electron chi connectivity index (χ1n) is 12.5. The summed E-state index contributed by atoms with van der Waals surface area (Å²) < 4.78 is 59.7. The molecule has 11 heteroatoms. The molecule has 3 aromatic rings. The van der Waals surface area contributed by atoms with Crippen LogP contribution in [0.3, 0.4) is 0 Å². The monoisotopic (exact) mass is 584 g/mol. The fourth-order valence-electron chi connectivity index (χ4n) is 4.99. The van der Waals surface area contributed by atoms with Crippen molar-refractivity contribution in [1.29, 1.82) is 0 Å². The van der Waals surface area contributed by atoms with Gasteiger partial charge in [-0.15, -0.1) is 11.8 Å². The highest BCUT2D eigenvalue weighted by Gasteiger charge is 2.42. The number of likely N-dealkylation sites (tertiary alicyclic amines) is 1. The van der Waals surface area contributed by atoms with E-state index in [0.29, 0.717) is 59.8 Å². The molecule has 1 aromatic heterocycles. The van der Waals surface area contributed by atoms with E-state index >= 15 is 4.39 Å². The summed E-state index contributed by atoms with van der Waals surface area (Å²) in [6, 6.07) is 10.4. The number of carboxylic acid groups (broad SMARTS) is 1. The summed E-state index contributed by atoms with van der Waals surface area (Å²) in [6.07, 6.45) is -3.59. The van der Waals surface area contributed by atoms with Gasteiger partial charge in [0.1, 0.15) is 11.9 Å². The Morgan fingerprint density at radius 1 is 1.23 bits per heavy atom. The van der Waals surface area contributed by atoms with Crippen LogP contribution in [0.4, 0.5) is 17.6 Å². The van der Waals surface area contributed by atoms with E-state index in [0.717, 1.165) is 12.1 Å². The van der Waals surface area contributed by atoms with Crippen LogP contribution in [0.25, 0.3) is 10.9 Å². The third kappa shape index (κ3) is 6.96. The van der Waals surface area contributed by atoms with Gasteiger partial charge in [-0.1, -0.05) is 17.7 Å². The number of carbonyl (C=O) groups is 1. The molecule has 0 aliphatic carbocycles. The van der Waals surface area contributed by atoms with E-state index in [2.05, 4.69) is 9.88 Å². The molecule has 210 valence electrons. The van der Waals surface area contributed by atoms with Crippen molar-refractivity contribution in [3.8, 4) is 5.75 Å². The van der Waals surface area contributed by atoms with E-state index in [1.54, 1.807) is 24.3 Å². The number of halogens is 5. The third-order valence-electron chi connectivity index (χ3n) is 7.36. The molecule has 5 nitrogen and oxygen atoms in total. The van der Waals surface area contributed by atoms with Gasteiger partial charge in [0, 0.05) is 34.3 Å². The molecule has 4 rings (SSSR count). The average molecular weight is 585 g/mol. The first-order chi connectivity index (χ1) is 18.5. The molecule has 1 saturated heterocycles. The first-order valence-corrected chi connectivity index (χ1v) is 13.9. The topological polar surface area (TPSA) is 62.7 Å². The Morgan fingerprint density at radius 2 is 1.97 bits per heavy atom. The zero-order valence-corrected chi connectivity index (χ0v) is 22.9. The molecular weight excluding hydrogens is 556 g/mol. The highest BCUT2D eigenvalue weighted by Crippen LogP contribution is 2.42. The van der Waals surface area contributed by atoms with Gasteiger partial charge in [-0.25, -0.2) is 4.39 Å². The van der Waals surface area contributed by atoms with Crippen molar-refractivity contribution in [3.63, 3.8) is 0 Å². The second-order valence-electron chi connectivity index (χ2n) is 9.71. The summed E-state index contributed by atoms with van der Waals surface area (Å²) in [4.78, 5) is 19.2. The zero-order chi connectivity index (χ0) is 28.2. The number of carboxylic acids is 1. The van der Waals surface area contributed by atoms with Gasteiger partial charge in [0.25, 0.3) is 0 Å². The molecule has 1 aliphatic heterocycles. The predicted molar refractivity (Wildman–Crippen MR) is 144 cm³/mol. The Kier molecular flexibility index (Phi) is 9.29. The van der Waals surface area contributed by atoms with Crippen LogP contribution in [0.15, 0.2) is 53.6 Å². The lowest BCUT2D eigenvalue weighted by molar-refractivity contribution is -0.153. The second-order valence-corrected chi connectivity index (χ2v) is 11.3. The molecule has 1 N–H and O–H groups in total. The predicted octanol–water partition coefficient (Wildman–Crippen LogP) is 7.67. The molecule has 0 saturated carbocycles. The van der Waals surface area contributed by atoms with Crippen molar-refractivity contribution in [2.75, 3.05) is 32.5 Å². The van der Waals surface area contributed by atoms with E-state index in [9.17, 15) is 23.1 Å². The van der Waals surface area contributed by atoms with Gasteiger partial charge >= 0.3 is 12.1 Å². The normalized spacial score (nSPS) is 16.8. The molecule has 0 spiro atoms. The van der Waals surface area contributed by atoms with Gasteiger partial charge in [0.05, 0.1) is 28.6 Å². The number of pyridine rings is 1. The summed E-state index contributed by atoms with van der Waals surface area (Å²) in [6.45, 7) is 1.65. The second kappa shape index (κ2) is 12.3. The van der Waals surface area contributed by atoms with Crippen LogP contribution in [0, 0.1) is 5.41 Å². The SMILES string of the molecule is COc1ccc2ncc(Cl)c(C(F)CCC3(C(=O)O)CCN(CCSc4cccc(C(F)(F)F)c4)CC3)c2c1. The van der Waals surface area contributed by atoms with Crippen LogP contribution in [-0.2, 0) is 11.0 Å². The van der Waals surface area contributed by atoms with Crippen LogP contribution >= 0.6 is 23.4 Å². The Morgan fingerprint density at radius 3 is 2.64 bits per heavy atom. The molecular formula is C28H29ClF4N2O3S. The third-order valence-corrected chi connectivity index (χ3v) is 8.64. The van der Waals surface area contributed by atoms with Crippen LogP contribution in [-0.4, -0.2) is 53.5 Å². The number of thioether (sulfide) groups is 1. The van der Waals surface area contributed by atoms with Gasteiger partial charge < -0.3 is 14.7 Å². The number of rotatable bonds is 10. The number of hydrogen-bond donors (Lipinski definition) is 1. The minimum absolute atomic E-state index is 0.00621. The van der Waals surface area contributed by atoms with Crippen molar-refractivity contribution in [3.05, 3.63) is 64.8 Å². The maximum absolute atomic E-state index is 15.6. The van der Waals surface area contributed by atoms with E-state index in [-0.39, 0.29) is 23.4 Å². The Hall–Kier alpha value is -2.56. The Balaban J connectivity index is 1.35. The number of aliphatic carboxylic acids is 1. The molecule has 2 aromatic carbocycles. The molecule has 2 heterocycles. The minimum atomic E-state index is -4.38. The molecule has 1 unspecified atom stereocenters. The summed E-state index contributed by atoms with van der Waals surface area (Å²) in [5.74, 6) is 0.172. The number of nitrogens with zero attached hydrogens (tertiary/aromatic N) is 2. The average Bonchev–Trinajstić information content (AvgIpc) is 2.91. The van der Waals surface area contributed by atoms with Crippen molar-refractivity contribution < 1.29 is 32.2 Å². The van der Waals surface area contributed by atoms with Gasteiger partial charge in [-0.05, 0) is 75.2 Å². The van der Waals surface area contributed by atoms with E-state index in [1.807, 2.05) is 0 Å². The first kappa shape index (κ1) is 29.4. The Bertz CT molecular complexity index is 1320. The fraction of sp³-hybridized carbons (Fsp3) is 0.429.